The van der Waals surface area contributed by atoms with Crippen molar-refractivity contribution in [2.75, 3.05) is 10.6 Å². The molecule has 0 aliphatic heterocycles. The number of carbonyl (C=O) groups excluding carboxylic acids is 3. The number of urea groups is 1. The summed E-state index contributed by atoms with van der Waals surface area (Å²) in [7, 11) is 0. The number of hydrogen-bond acceptors (Lipinski definition) is 6. The van der Waals surface area contributed by atoms with E-state index in [1.165, 1.54) is 42.7 Å². The number of carbonyl (C=O) groups is 3. The van der Waals surface area contributed by atoms with E-state index in [0.717, 1.165) is 23.5 Å². The Labute approximate surface area is 252 Å². The zero-order chi connectivity index (χ0) is 31.5. The molecule has 2 amide bonds. The van der Waals surface area contributed by atoms with Crippen LogP contribution < -0.4 is 16.4 Å². The van der Waals surface area contributed by atoms with E-state index >= 15 is 0 Å². The standard InChI is InChI=1S/C34H40FN3O5/c1-19-14-23(16-22-10-11-22)15-20(2)30(19)38-33(41)37-28-18-25(24-8-7-9-26(35)17-24)12-13-27(28)31(39)42-32(40)29(36)21(3)43-34(4,5)6/h7-9,12-15,17-18,21-22,29H,10-11,16,36H2,1-6H3,(H2,37,38,41)/t21-,29+/m1/s1. The lowest BCUT2D eigenvalue weighted by molar-refractivity contribution is -0.146. The number of nitrogens with two attached hydrogens (primary N) is 1. The van der Waals surface area contributed by atoms with E-state index in [1.54, 1.807) is 25.1 Å². The molecule has 0 radical (unpaired) electrons. The van der Waals surface area contributed by atoms with Crippen molar-refractivity contribution < 1.29 is 28.2 Å². The van der Waals surface area contributed by atoms with Gasteiger partial charge < -0.3 is 25.8 Å². The molecule has 0 spiro atoms. The van der Waals surface area contributed by atoms with Crippen molar-refractivity contribution in [3.63, 3.8) is 0 Å². The Kier molecular flexibility index (Phi) is 9.67. The van der Waals surface area contributed by atoms with Crippen molar-refractivity contribution in [1.29, 1.82) is 0 Å². The van der Waals surface area contributed by atoms with E-state index in [4.69, 9.17) is 15.2 Å². The Morgan fingerprint density at radius 2 is 1.63 bits per heavy atom. The van der Waals surface area contributed by atoms with Gasteiger partial charge in [-0.2, -0.15) is 0 Å². The topological polar surface area (TPSA) is 120 Å². The van der Waals surface area contributed by atoms with Crippen LogP contribution >= 0.6 is 0 Å². The predicted octanol–water partition coefficient (Wildman–Crippen LogP) is 6.92. The van der Waals surface area contributed by atoms with Crippen molar-refractivity contribution in [3.8, 4) is 11.1 Å². The number of esters is 2. The van der Waals surface area contributed by atoms with Crippen LogP contribution in [-0.4, -0.2) is 35.7 Å². The molecule has 9 heteroatoms. The maximum absolute atomic E-state index is 14.0. The minimum absolute atomic E-state index is 0.0743. The molecule has 1 fully saturated rings. The van der Waals surface area contributed by atoms with Crippen LogP contribution in [0.5, 0.6) is 0 Å². The van der Waals surface area contributed by atoms with Gasteiger partial charge in [0.2, 0.25) is 0 Å². The number of aryl methyl sites for hydroxylation is 2. The summed E-state index contributed by atoms with van der Waals surface area (Å²) in [6.45, 7) is 11.0. The average Bonchev–Trinajstić information content (AvgIpc) is 3.73. The molecule has 2 atom stereocenters. The number of rotatable bonds is 9. The molecule has 3 aromatic carbocycles. The Hall–Kier alpha value is -4.08. The Bertz CT molecular complexity index is 1500. The van der Waals surface area contributed by atoms with E-state index in [2.05, 4.69) is 22.8 Å². The van der Waals surface area contributed by atoms with Gasteiger partial charge in [-0.15, -0.1) is 0 Å². The lowest BCUT2D eigenvalue weighted by atomic mass is 10.0. The van der Waals surface area contributed by atoms with E-state index in [-0.39, 0.29) is 11.3 Å². The summed E-state index contributed by atoms with van der Waals surface area (Å²) in [6, 6.07) is 12.8. The molecular formula is C34H40FN3O5. The molecule has 1 aliphatic carbocycles. The fourth-order valence-corrected chi connectivity index (χ4v) is 5.00. The van der Waals surface area contributed by atoms with Crippen LogP contribution in [-0.2, 0) is 20.7 Å². The molecule has 0 saturated heterocycles. The summed E-state index contributed by atoms with van der Waals surface area (Å²) >= 11 is 0. The SMILES string of the molecule is Cc1cc(CC2CC2)cc(C)c1NC(=O)Nc1cc(-c2cccc(F)c2)ccc1C(=O)OC(=O)[C@@H](N)[C@@H](C)OC(C)(C)C. The highest BCUT2D eigenvalue weighted by Crippen LogP contribution is 2.34. The monoisotopic (exact) mass is 589 g/mol. The van der Waals surface area contributed by atoms with Crippen LogP contribution in [0, 0.1) is 25.6 Å². The summed E-state index contributed by atoms with van der Waals surface area (Å²) in [5.74, 6) is -1.67. The van der Waals surface area contributed by atoms with Gasteiger partial charge in [0.25, 0.3) is 0 Å². The number of benzene rings is 3. The highest BCUT2D eigenvalue weighted by molar-refractivity contribution is 6.08. The zero-order valence-electron chi connectivity index (χ0n) is 25.5. The summed E-state index contributed by atoms with van der Waals surface area (Å²) in [4.78, 5) is 39.2. The Morgan fingerprint density at radius 1 is 0.977 bits per heavy atom. The maximum Gasteiger partial charge on any atom is 0.347 e. The minimum Gasteiger partial charge on any atom is -0.388 e. The number of nitrogens with one attached hydrogen (secondary N) is 2. The lowest BCUT2D eigenvalue weighted by Crippen LogP contribution is -2.46. The molecule has 0 bridgehead atoms. The fourth-order valence-electron chi connectivity index (χ4n) is 5.00. The van der Waals surface area contributed by atoms with Crippen LogP contribution in [0.2, 0.25) is 0 Å². The quantitative estimate of drug-likeness (QED) is 0.184. The second-order valence-electron chi connectivity index (χ2n) is 12.3. The first-order valence-electron chi connectivity index (χ1n) is 14.5. The number of halogens is 1. The normalized spacial score (nSPS) is 14.5. The molecule has 8 nitrogen and oxygen atoms in total. The summed E-state index contributed by atoms with van der Waals surface area (Å²) in [6.07, 6.45) is 2.81. The molecular weight excluding hydrogens is 549 g/mol. The van der Waals surface area contributed by atoms with Crippen LogP contribution in [0.3, 0.4) is 0 Å². The zero-order valence-corrected chi connectivity index (χ0v) is 25.5. The maximum atomic E-state index is 14.0. The van der Waals surface area contributed by atoms with E-state index in [1.807, 2.05) is 34.6 Å². The molecule has 3 aromatic rings. The lowest BCUT2D eigenvalue weighted by Gasteiger charge is -2.27. The predicted molar refractivity (Wildman–Crippen MR) is 166 cm³/mol. The van der Waals surface area contributed by atoms with Crippen molar-refractivity contribution >= 4 is 29.3 Å². The molecule has 0 unspecified atom stereocenters. The second kappa shape index (κ2) is 13.1. The Morgan fingerprint density at radius 3 is 2.23 bits per heavy atom. The Balaban J connectivity index is 1.57. The third-order valence-corrected chi connectivity index (χ3v) is 7.21. The van der Waals surface area contributed by atoms with Crippen molar-refractivity contribution in [2.24, 2.45) is 11.7 Å². The van der Waals surface area contributed by atoms with E-state index < -0.39 is 41.5 Å². The molecule has 0 heterocycles. The van der Waals surface area contributed by atoms with E-state index in [0.29, 0.717) is 16.8 Å². The first kappa shape index (κ1) is 31.8. The number of amides is 2. The second-order valence-corrected chi connectivity index (χ2v) is 12.3. The smallest absolute Gasteiger partial charge is 0.347 e. The molecule has 1 saturated carbocycles. The van der Waals surface area contributed by atoms with Crippen LogP contribution in [0.15, 0.2) is 54.6 Å². The van der Waals surface area contributed by atoms with Crippen molar-refractivity contribution in [1.82, 2.24) is 0 Å². The summed E-state index contributed by atoms with van der Waals surface area (Å²) < 4.78 is 24.8. The third kappa shape index (κ3) is 8.72. The first-order valence-corrected chi connectivity index (χ1v) is 14.5. The molecule has 4 rings (SSSR count). The molecule has 1 aliphatic rings. The number of ether oxygens (including phenoxy) is 2. The van der Waals surface area contributed by atoms with Gasteiger partial charge in [-0.3, -0.25) is 0 Å². The van der Waals surface area contributed by atoms with Gasteiger partial charge in [-0.05, 0) is 119 Å². The summed E-state index contributed by atoms with van der Waals surface area (Å²) in [5.41, 5.74) is 10.3. The largest absolute Gasteiger partial charge is 0.388 e. The van der Waals surface area contributed by atoms with Gasteiger partial charge in [-0.25, -0.2) is 18.8 Å². The molecule has 4 N–H and O–H groups in total. The first-order chi connectivity index (χ1) is 20.2. The fraction of sp³-hybridized carbons (Fsp3) is 0.382. The average molecular weight is 590 g/mol. The van der Waals surface area contributed by atoms with Crippen molar-refractivity contribution in [2.45, 2.75) is 78.6 Å². The molecule has 43 heavy (non-hydrogen) atoms. The highest BCUT2D eigenvalue weighted by atomic mass is 19.1. The van der Waals surface area contributed by atoms with Gasteiger partial charge in [0.1, 0.15) is 11.9 Å². The summed E-state index contributed by atoms with van der Waals surface area (Å²) in [5, 5.41) is 5.61. The number of hydrogen-bond donors (Lipinski definition) is 3. The van der Waals surface area contributed by atoms with Crippen LogP contribution in [0.4, 0.5) is 20.6 Å². The van der Waals surface area contributed by atoms with Gasteiger partial charge in [-0.1, -0.05) is 30.3 Å². The molecule has 0 aromatic heterocycles. The number of anilines is 2. The van der Waals surface area contributed by atoms with Crippen molar-refractivity contribution in [3.05, 3.63) is 82.7 Å². The minimum atomic E-state index is -1.22. The third-order valence-electron chi connectivity index (χ3n) is 7.21. The van der Waals surface area contributed by atoms with E-state index in [9.17, 15) is 18.8 Å². The van der Waals surface area contributed by atoms with Gasteiger partial charge >= 0.3 is 18.0 Å². The van der Waals surface area contributed by atoms with Gasteiger partial charge in [0, 0.05) is 5.69 Å². The van der Waals surface area contributed by atoms with Gasteiger partial charge in [0.15, 0.2) is 0 Å². The molecule has 228 valence electrons. The van der Waals surface area contributed by atoms with Gasteiger partial charge in [0.05, 0.1) is 23.0 Å². The highest BCUT2D eigenvalue weighted by Gasteiger charge is 2.30. The van der Waals surface area contributed by atoms with Crippen LogP contribution in [0.1, 0.15) is 67.6 Å². The van der Waals surface area contributed by atoms with Crippen LogP contribution in [0.25, 0.3) is 11.1 Å².